The summed E-state index contributed by atoms with van der Waals surface area (Å²) in [5.74, 6) is -0.104. The van der Waals surface area contributed by atoms with Gasteiger partial charge < -0.3 is 20.7 Å². The molecule has 1 aromatic carbocycles. The number of nitrogen functional groups attached to an aromatic ring is 1. The first-order chi connectivity index (χ1) is 9.04. The zero-order valence-electron chi connectivity index (χ0n) is 11.5. The second-order valence-electron chi connectivity index (χ2n) is 5.10. The van der Waals surface area contributed by atoms with Gasteiger partial charge in [0.05, 0.1) is 12.7 Å². The molecule has 2 rings (SSSR count). The lowest BCUT2D eigenvalue weighted by molar-refractivity contribution is -0.0175. The van der Waals surface area contributed by atoms with E-state index in [9.17, 15) is 4.79 Å². The Labute approximate surface area is 113 Å². The summed E-state index contributed by atoms with van der Waals surface area (Å²) in [5.41, 5.74) is 7.94. The number of nitrogens with two attached hydrogens (primary N) is 1. The van der Waals surface area contributed by atoms with E-state index in [1.165, 1.54) is 0 Å². The number of nitrogens with one attached hydrogen (secondary N) is 1. The maximum Gasteiger partial charge on any atom is 0.251 e. The van der Waals surface area contributed by atoms with E-state index in [4.69, 9.17) is 10.5 Å². The first-order valence-corrected chi connectivity index (χ1v) is 6.50. The fraction of sp³-hybridized carbons (Fsp3) is 0.500. The van der Waals surface area contributed by atoms with E-state index in [0.717, 1.165) is 18.7 Å². The maximum absolute atomic E-state index is 12.0. The maximum atomic E-state index is 12.0. The molecule has 1 unspecified atom stereocenters. The molecule has 5 heteroatoms. The van der Waals surface area contributed by atoms with E-state index in [-0.39, 0.29) is 12.0 Å². The molecule has 1 atom stereocenters. The van der Waals surface area contributed by atoms with Crippen LogP contribution in [0.4, 0.5) is 5.69 Å². The molecular weight excluding hydrogens is 242 g/mol. The molecule has 1 aliphatic heterocycles. The Hall–Kier alpha value is -1.59. The topological polar surface area (TPSA) is 67.6 Å². The number of likely N-dealkylation sites (N-methyl/N-ethyl adjacent to an activating group) is 1. The highest BCUT2D eigenvalue weighted by atomic mass is 16.5. The third-order valence-corrected chi connectivity index (χ3v) is 3.19. The normalized spacial score (nSPS) is 20.2. The summed E-state index contributed by atoms with van der Waals surface area (Å²) < 4.78 is 5.60. The van der Waals surface area contributed by atoms with Gasteiger partial charge in [-0.1, -0.05) is 0 Å². The van der Waals surface area contributed by atoms with Crippen molar-refractivity contribution in [2.75, 3.05) is 39.0 Å². The quantitative estimate of drug-likeness (QED) is 0.785. The Morgan fingerprint density at radius 1 is 1.53 bits per heavy atom. The molecule has 1 aromatic rings. The molecule has 1 fully saturated rings. The number of benzene rings is 1. The van der Waals surface area contributed by atoms with Crippen molar-refractivity contribution in [1.82, 2.24) is 10.2 Å². The molecule has 1 heterocycles. The van der Waals surface area contributed by atoms with Crippen molar-refractivity contribution >= 4 is 11.6 Å². The van der Waals surface area contributed by atoms with Crippen molar-refractivity contribution in [3.63, 3.8) is 0 Å². The van der Waals surface area contributed by atoms with Crippen LogP contribution in [0.25, 0.3) is 0 Å². The number of morpholine rings is 1. The van der Waals surface area contributed by atoms with Crippen LogP contribution < -0.4 is 11.1 Å². The Kier molecular flexibility index (Phi) is 4.39. The highest BCUT2D eigenvalue weighted by Crippen LogP contribution is 2.11. The fourth-order valence-corrected chi connectivity index (χ4v) is 2.24. The van der Waals surface area contributed by atoms with Gasteiger partial charge in [-0.25, -0.2) is 0 Å². The lowest BCUT2D eigenvalue weighted by Crippen LogP contribution is -2.45. The van der Waals surface area contributed by atoms with Gasteiger partial charge in [0, 0.05) is 30.9 Å². The van der Waals surface area contributed by atoms with Crippen LogP contribution in [-0.4, -0.2) is 50.2 Å². The van der Waals surface area contributed by atoms with Gasteiger partial charge >= 0.3 is 0 Å². The van der Waals surface area contributed by atoms with Crippen molar-refractivity contribution in [2.45, 2.75) is 13.0 Å². The van der Waals surface area contributed by atoms with Gasteiger partial charge in [-0.3, -0.25) is 4.79 Å². The highest BCUT2D eigenvalue weighted by molar-refractivity contribution is 5.95. The monoisotopic (exact) mass is 263 g/mol. The van der Waals surface area contributed by atoms with Crippen LogP contribution in [0.2, 0.25) is 0 Å². The van der Waals surface area contributed by atoms with E-state index in [1.807, 2.05) is 19.1 Å². The van der Waals surface area contributed by atoms with Gasteiger partial charge in [0.15, 0.2) is 0 Å². The van der Waals surface area contributed by atoms with Gasteiger partial charge in [-0.15, -0.1) is 0 Å². The van der Waals surface area contributed by atoms with E-state index in [0.29, 0.717) is 24.4 Å². The van der Waals surface area contributed by atoms with Crippen LogP contribution in [0.5, 0.6) is 0 Å². The predicted octanol–water partition coefficient (Wildman–Crippen LogP) is 0.638. The highest BCUT2D eigenvalue weighted by Gasteiger charge is 2.18. The summed E-state index contributed by atoms with van der Waals surface area (Å²) in [5, 5.41) is 2.90. The van der Waals surface area contributed by atoms with Crippen LogP contribution >= 0.6 is 0 Å². The Morgan fingerprint density at radius 2 is 2.32 bits per heavy atom. The number of amides is 1. The number of hydrogen-bond donors (Lipinski definition) is 2. The summed E-state index contributed by atoms with van der Waals surface area (Å²) in [6.07, 6.45) is 0.0601. The lowest BCUT2D eigenvalue weighted by Gasteiger charge is -2.30. The molecular formula is C14H21N3O2. The minimum absolute atomic E-state index is 0.0601. The number of ether oxygens (including phenoxy) is 1. The molecule has 1 amide bonds. The fourth-order valence-electron chi connectivity index (χ4n) is 2.24. The lowest BCUT2D eigenvalue weighted by atomic mass is 10.1. The number of hydrogen-bond acceptors (Lipinski definition) is 4. The van der Waals surface area contributed by atoms with Gasteiger partial charge in [0.1, 0.15) is 0 Å². The summed E-state index contributed by atoms with van der Waals surface area (Å²) in [7, 11) is 2.05. The Morgan fingerprint density at radius 3 is 3.00 bits per heavy atom. The number of nitrogens with zero attached hydrogens (tertiary/aromatic N) is 1. The van der Waals surface area contributed by atoms with Crippen molar-refractivity contribution in [2.24, 2.45) is 0 Å². The average molecular weight is 263 g/mol. The number of carbonyl (C=O) groups is 1. The SMILES string of the molecule is Cc1cc(N)cc(C(=O)NCC2CN(C)CCO2)c1. The van der Waals surface area contributed by atoms with Gasteiger partial charge in [-0.05, 0) is 37.7 Å². The molecule has 19 heavy (non-hydrogen) atoms. The van der Waals surface area contributed by atoms with Gasteiger partial charge in [0.2, 0.25) is 0 Å². The number of rotatable bonds is 3. The molecule has 0 bridgehead atoms. The van der Waals surface area contributed by atoms with E-state index in [1.54, 1.807) is 6.07 Å². The van der Waals surface area contributed by atoms with E-state index < -0.39 is 0 Å². The number of carbonyl (C=O) groups excluding carboxylic acids is 1. The minimum atomic E-state index is -0.104. The van der Waals surface area contributed by atoms with Crippen molar-refractivity contribution in [3.05, 3.63) is 29.3 Å². The third-order valence-electron chi connectivity index (χ3n) is 3.19. The summed E-state index contributed by atoms with van der Waals surface area (Å²) in [6, 6.07) is 5.37. The van der Waals surface area contributed by atoms with E-state index >= 15 is 0 Å². The van der Waals surface area contributed by atoms with Crippen LogP contribution in [-0.2, 0) is 4.74 Å². The molecule has 1 aliphatic rings. The zero-order valence-corrected chi connectivity index (χ0v) is 11.5. The van der Waals surface area contributed by atoms with Crippen LogP contribution in [0.3, 0.4) is 0 Å². The number of anilines is 1. The van der Waals surface area contributed by atoms with Gasteiger partial charge in [-0.2, -0.15) is 0 Å². The molecule has 0 saturated carbocycles. The molecule has 0 aliphatic carbocycles. The smallest absolute Gasteiger partial charge is 0.251 e. The first-order valence-electron chi connectivity index (χ1n) is 6.50. The first kappa shape index (κ1) is 13.8. The largest absolute Gasteiger partial charge is 0.399 e. The molecule has 1 saturated heterocycles. The standard InChI is InChI=1S/C14H21N3O2/c1-10-5-11(7-12(15)6-10)14(18)16-8-13-9-17(2)3-4-19-13/h5-7,13H,3-4,8-9,15H2,1-2H3,(H,16,18). The Balaban J connectivity index is 1.90. The summed E-state index contributed by atoms with van der Waals surface area (Å²) in [4.78, 5) is 14.2. The molecule has 0 aromatic heterocycles. The van der Waals surface area contributed by atoms with E-state index in [2.05, 4.69) is 17.3 Å². The molecule has 5 nitrogen and oxygen atoms in total. The molecule has 3 N–H and O–H groups in total. The van der Waals surface area contributed by atoms with Gasteiger partial charge in [0.25, 0.3) is 5.91 Å². The second kappa shape index (κ2) is 6.04. The van der Waals surface area contributed by atoms with Crippen molar-refractivity contribution < 1.29 is 9.53 Å². The molecule has 0 radical (unpaired) electrons. The minimum Gasteiger partial charge on any atom is -0.399 e. The van der Waals surface area contributed by atoms with Crippen molar-refractivity contribution in [1.29, 1.82) is 0 Å². The van der Waals surface area contributed by atoms with Crippen LogP contribution in [0.1, 0.15) is 15.9 Å². The molecule has 104 valence electrons. The average Bonchev–Trinajstić information content (AvgIpc) is 2.35. The van der Waals surface area contributed by atoms with Crippen molar-refractivity contribution in [3.8, 4) is 0 Å². The molecule has 0 spiro atoms. The summed E-state index contributed by atoms with van der Waals surface area (Å²) in [6.45, 7) is 4.95. The third kappa shape index (κ3) is 3.94. The van der Waals surface area contributed by atoms with Crippen LogP contribution in [0.15, 0.2) is 18.2 Å². The summed E-state index contributed by atoms with van der Waals surface area (Å²) >= 11 is 0. The second-order valence-corrected chi connectivity index (χ2v) is 5.10. The Bertz CT molecular complexity index is 442. The zero-order chi connectivity index (χ0) is 13.8. The number of aryl methyl sites for hydroxylation is 1. The predicted molar refractivity (Wildman–Crippen MR) is 75.2 cm³/mol. The van der Waals surface area contributed by atoms with Crippen LogP contribution in [0, 0.1) is 6.92 Å².